The predicted molar refractivity (Wildman–Crippen MR) is 67.2 cm³/mol. The highest BCUT2D eigenvalue weighted by Crippen LogP contribution is 2.44. The number of aliphatic hydroxyl groups is 1. The zero-order valence-corrected chi connectivity index (χ0v) is 10.9. The fourth-order valence-corrected chi connectivity index (χ4v) is 2.48. The zero-order chi connectivity index (χ0) is 14.2. The lowest BCUT2D eigenvalue weighted by molar-refractivity contribution is -0.115. The lowest BCUT2D eigenvalue weighted by Gasteiger charge is -2.29. The monoisotopic (exact) mass is 271 g/mol. The van der Waals surface area contributed by atoms with Crippen LogP contribution in [0, 0.1) is 5.92 Å². The van der Waals surface area contributed by atoms with Crippen LogP contribution < -0.4 is 11.4 Å². The maximum absolute atomic E-state index is 14.4. The first-order valence-electron chi connectivity index (χ1n) is 6.22. The number of nitrogens with zero attached hydrogens (tertiary/aromatic N) is 2. The molecule has 3 N–H and O–H groups in total. The van der Waals surface area contributed by atoms with Gasteiger partial charge in [-0.1, -0.05) is 13.8 Å². The summed E-state index contributed by atoms with van der Waals surface area (Å²) in [4.78, 5) is 15.3. The van der Waals surface area contributed by atoms with E-state index in [1.807, 2.05) is 6.92 Å². The number of hydrogen-bond acceptors (Lipinski definition) is 5. The van der Waals surface area contributed by atoms with E-state index in [1.54, 1.807) is 6.92 Å². The molecule has 4 atom stereocenters. The second-order valence-corrected chi connectivity index (χ2v) is 4.86. The van der Waals surface area contributed by atoms with Crippen molar-refractivity contribution in [3.05, 3.63) is 22.7 Å². The molecular formula is C12H18FN3O3. The SMILES string of the molecule is CC[C@]1(CO)O[C@@H](n2ccc(N)nc2=O)[C@H](F)[C@@H]1C. The van der Waals surface area contributed by atoms with Crippen molar-refractivity contribution in [2.75, 3.05) is 12.3 Å². The smallest absolute Gasteiger partial charge is 0.351 e. The molecule has 7 heteroatoms. The van der Waals surface area contributed by atoms with Crippen molar-refractivity contribution < 1.29 is 14.2 Å². The van der Waals surface area contributed by atoms with E-state index in [1.165, 1.54) is 12.3 Å². The van der Waals surface area contributed by atoms with E-state index in [2.05, 4.69) is 4.98 Å². The number of aromatic nitrogens is 2. The lowest BCUT2D eigenvalue weighted by atomic mass is 9.86. The largest absolute Gasteiger partial charge is 0.393 e. The molecular weight excluding hydrogens is 253 g/mol. The van der Waals surface area contributed by atoms with E-state index >= 15 is 0 Å². The Balaban J connectivity index is 2.39. The number of anilines is 1. The van der Waals surface area contributed by atoms with Crippen molar-refractivity contribution in [3.63, 3.8) is 0 Å². The second kappa shape index (κ2) is 4.90. The number of nitrogen functional groups attached to an aromatic ring is 1. The molecule has 0 spiro atoms. The van der Waals surface area contributed by atoms with Crippen molar-refractivity contribution in [2.24, 2.45) is 5.92 Å². The molecule has 1 aliphatic heterocycles. The quantitative estimate of drug-likeness (QED) is 0.834. The standard InChI is InChI=1S/C12H18FN3O3/c1-3-12(6-17)7(2)9(13)10(19-12)16-5-4-8(14)15-11(16)18/h4-5,7,9-10,17H,3,6H2,1-2H3,(H2,14,15,18)/t7-,9+,10+,12+/m0/s1. The number of halogens is 1. The van der Waals surface area contributed by atoms with Crippen LogP contribution in [0.15, 0.2) is 17.1 Å². The highest BCUT2D eigenvalue weighted by atomic mass is 19.1. The van der Waals surface area contributed by atoms with Gasteiger partial charge in [-0.15, -0.1) is 0 Å². The third-order valence-corrected chi connectivity index (χ3v) is 3.93. The van der Waals surface area contributed by atoms with Crippen LogP contribution in [0.25, 0.3) is 0 Å². The molecule has 2 rings (SSSR count). The van der Waals surface area contributed by atoms with Crippen LogP contribution in [0.2, 0.25) is 0 Å². The molecule has 0 radical (unpaired) electrons. The molecule has 0 amide bonds. The Morgan fingerprint density at radius 3 is 2.84 bits per heavy atom. The normalized spacial score (nSPS) is 34.6. The highest BCUT2D eigenvalue weighted by Gasteiger charge is 2.52. The Labute approximate surface area is 110 Å². The minimum Gasteiger partial charge on any atom is -0.393 e. The van der Waals surface area contributed by atoms with Crippen molar-refractivity contribution in [2.45, 2.75) is 38.3 Å². The molecule has 1 aromatic rings. The van der Waals surface area contributed by atoms with Crippen LogP contribution in [0.3, 0.4) is 0 Å². The van der Waals surface area contributed by atoms with Crippen LogP contribution in [-0.2, 0) is 4.74 Å². The number of aliphatic hydroxyl groups excluding tert-OH is 1. The summed E-state index contributed by atoms with van der Waals surface area (Å²) in [5.41, 5.74) is 3.77. The van der Waals surface area contributed by atoms with E-state index in [4.69, 9.17) is 10.5 Å². The molecule has 0 aromatic carbocycles. The van der Waals surface area contributed by atoms with Crippen LogP contribution in [0.4, 0.5) is 10.2 Å². The van der Waals surface area contributed by atoms with E-state index in [0.717, 1.165) is 4.57 Å². The molecule has 1 saturated heterocycles. The first-order chi connectivity index (χ1) is 8.95. The third kappa shape index (κ3) is 2.12. The summed E-state index contributed by atoms with van der Waals surface area (Å²) in [6, 6.07) is 1.41. The third-order valence-electron chi connectivity index (χ3n) is 3.93. The van der Waals surface area contributed by atoms with Crippen LogP contribution in [0.1, 0.15) is 26.5 Å². The molecule has 1 aromatic heterocycles. The first kappa shape index (κ1) is 14.0. The highest BCUT2D eigenvalue weighted by molar-refractivity contribution is 5.23. The van der Waals surface area contributed by atoms with Gasteiger partial charge in [0.05, 0.1) is 12.2 Å². The molecule has 2 heterocycles. The van der Waals surface area contributed by atoms with Gasteiger partial charge < -0.3 is 15.6 Å². The Morgan fingerprint density at radius 2 is 2.37 bits per heavy atom. The van der Waals surface area contributed by atoms with Gasteiger partial charge in [0.15, 0.2) is 12.4 Å². The van der Waals surface area contributed by atoms with E-state index in [0.29, 0.717) is 6.42 Å². The Kier molecular flexibility index (Phi) is 3.60. The number of nitrogens with two attached hydrogens (primary N) is 1. The lowest BCUT2D eigenvalue weighted by Crippen LogP contribution is -2.39. The number of rotatable bonds is 3. The molecule has 0 bridgehead atoms. The minimum absolute atomic E-state index is 0.0756. The van der Waals surface area contributed by atoms with Gasteiger partial charge in [-0.25, -0.2) is 9.18 Å². The van der Waals surface area contributed by atoms with E-state index < -0.39 is 29.6 Å². The number of ether oxygens (including phenoxy) is 1. The van der Waals surface area contributed by atoms with Gasteiger partial charge in [-0.2, -0.15) is 4.98 Å². The van der Waals surface area contributed by atoms with Gasteiger partial charge in [0.25, 0.3) is 0 Å². The summed E-state index contributed by atoms with van der Waals surface area (Å²) >= 11 is 0. The van der Waals surface area contributed by atoms with Crippen molar-refractivity contribution in [3.8, 4) is 0 Å². The summed E-state index contributed by atoms with van der Waals surface area (Å²) in [7, 11) is 0. The van der Waals surface area contributed by atoms with Crippen molar-refractivity contribution in [1.29, 1.82) is 0 Å². The molecule has 1 fully saturated rings. The van der Waals surface area contributed by atoms with Gasteiger partial charge in [-0.3, -0.25) is 4.57 Å². The van der Waals surface area contributed by atoms with E-state index in [9.17, 15) is 14.3 Å². The van der Waals surface area contributed by atoms with Crippen LogP contribution in [0.5, 0.6) is 0 Å². The average molecular weight is 271 g/mol. The Morgan fingerprint density at radius 1 is 1.68 bits per heavy atom. The summed E-state index contributed by atoms with van der Waals surface area (Å²) in [5, 5.41) is 9.47. The molecule has 106 valence electrons. The number of alkyl halides is 1. The number of hydrogen-bond donors (Lipinski definition) is 2. The Bertz CT molecular complexity index is 515. The maximum atomic E-state index is 14.4. The van der Waals surface area contributed by atoms with Gasteiger partial charge in [-0.05, 0) is 12.5 Å². The zero-order valence-electron chi connectivity index (χ0n) is 10.9. The Hall–Kier alpha value is -1.47. The minimum atomic E-state index is -1.39. The summed E-state index contributed by atoms with van der Waals surface area (Å²) < 4.78 is 21.1. The van der Waals surface area contributed by atoms with Gasteiger partial charge in [0, 0.05) is 12.1 Å². The summed E-state index contributed by atoms with van der Waals surface area (Å²) in [6.45, 7) is 3.19. The maximum Gasteiger partial charge on any atom is 0.351 e. The van der Waals surface area contributed by atoms with Gasteiger partial charge >= 0.3 is 5.69 Å². The van der Waals surface area contributed by atoms with Crippen molar-refractivity contribution in [1.82, 2.24) is 9.55 Å². The van der Waals surface area contributed by atoms with Crippen molar-refractivity contribution >= 4 is 5.82 Å². The van der Waals surface area contributed by atoms with Gasteiger partial charge in [0.2, 0.25) is 0 Å². The molecule has 0 saturated carbocycles. The fraction of sp³-hybridized carbons (Fsp3) is 0.667. The van der Waals surface area contributed by atoms with Gasteiger partial charge in [0.1, 0.15) is 5.82 Å². The molecule has 6 nitrogen and oxygen atoms in total. The molecule has 0 unspecified atom stereocenters. The summed E-state index contributed by atoms with van der Waals surface area (Å²) in [6.07, 6.45) is -0.658. The second-order valence-electron chi connectivity index (χ2n) is 4.86. The predicted octanol–water partition coefficient (Wildman–Crippen LogP) is 0.470. The topological polar surface area (TPSA) is 90.4 Å². The molecule has 1 aliphatic rings. The van der Waals surface area contributed by atoms with Crippen LogP contribution >= 0.6 is 0 Å². The first-order valence-corrected chi connectivity index (χ1v) is 6.22. The van der Waals surface area contributed by atoms with E-state index in [-0.39, 0.29) is 12.4 Å². The van der Waals surface area contributed by atoms with Crippen LogP contribution in [-0.4, -0.2) is 33.0 Å². The summed E-state index contributed by atoms with van der Waals surface area (Å²) in [5.74, 6) is -0.441. The average Bonchev–Trinajstić information content (AvgIpc) is 2.64. The molecule has 0 aliphatic carbocycles. The molecule has 19 heavy (non-hydrogen) atoms. The fourth-order valence-electron chi connectivity index (χ4n) is 2.48.